The molecule has 4 nitrogen and oxygen atoms in total. The maximum Gasteiger partial charge on any atom is 0.161 e. The number of para-hydroxylation sites is 1. The number of carbonyl (C=O) groups is 1. The van der Waals surface area contributed by atoms with Crippen LogP contribution in [0.15, 0.2) is 72.3 Å². The molecule has 0 N–H and O–H groups in total. The molecule has 1 aliphatic heterocycles. The lowest BCUT2D eigenvalue weighted by atomic mass is 9.80. The predicted octanol–water partition coefficient (Wildman–Crippen LogP) is 5.15. The fraction of sp³-hybridized carbons (Fsp3) is 0.160. The van der Waals surface area contributed by atoms with E-state index in [0.29, 0.717) is 22.8 Å². The Morgan fingerprint density at radius 2 is 1.55 bits per heavy atom. The number of aldehydes is 1. The molecule has 0 fully saturated rings. The van der Waals surface area contributed by atoms with Gasteiger partial charge in [0.2, 0.25) is 0 Å². The molecule has 0 unspecified atom stereocenters. The van der Waals surface area contributed by atoms with Crippen LogP contribution in [-0.2, 0) is 4.79 Å². The number of hydrogen-bond donors (Lipinski definition) is 0. The molecule has 0 saturated carbocycles. The van der Waals surface area contributed by atoms with E-state index in [1.54, 1.807) is 14.2 Å². The molecule has 1 atom stereocenters. The zero-order valence-corrected chi connectivity index (χ0v) is 16.6. The summed E-state index contributed by atoms with van der Waals surface area (Å²) in [5, 5.41) is 0. The molecule has 0 amide bonds. The quantitative estimate of drug-likeness (QED) is 0.569. The second-order valence-electron chi connectivity index (χ2n) is 6.90. The summed E-state index contributed by atoms with van der Waals surface area (Å²) in [5.41, 5.74) is 4.54. The molecular formula is C25H22O4. The summed E-state index contributed by atoms with van der Waals surface area (Å²) in [4.78, 5) is 12.3. The molecule has 3 aromatic carbocycles. The number of methoxy groups -OCH3 is 2. The van der Waals surface area contributed by atoms with Gasteiger partial charge in [-0.3, -0.25) is 4.79 Å². The first kappa shape index (κ1) is 18.8. The van der Waals surface area contributed by atoms with Gasteiger partial charge in [0.05, 0.1) is 14.2 Å². The Bertz CT molecular complexity index is 1100. The lowest BCUT2D eigenvalue weighted by Crippen LogP contribution is -2.18. The second-order valence-corrected chi connectivity index (χ2v) is 6.90. The van der Waals surface area contributed by atoms with Gasteiger partial charge in [-0.05, 0) is 42.3 Å². The van der Waals surface area contributed by atoms with Crippen LogP contribution in [0, 0.1) is 6.92 Å². The van der Waals surface area contributed by atoms with E-state index in [9.17, 15) is 4.79 Å². The first-order chi connectivity index (χ1) is 14.2. The fourth-order valence-corrected chi connectivity index (χ4v) is 3.85. The number of hydrogen-bond acceptors (Lipinski definition) is 4. The van der Waals surface area contributed by atoms with Crippen LogP contribution in [0.2, 0.25) is 0 Å². The van der Waals surface area contributed by atoms with Crippen LogP contribution in [0.1, 0.15) is 28.2 Å². The maximum absolute atomic E-state index is 12.3. The summed E-state index contributed by atoms with van der Waals surface area (Å²) >= 11 is 0. The van der Waals surface area contributed by atoms with Crippen LogP contribution in [0.3, 0.4) is 0 Å². The summed E-state index contributed by atoms with van der Waals surface area (Å²) < 4.78 is 17.0. The number of carbonyl (C=O) groups excluding carboxylic acids is 1. The van der Waals surface area contributed by atoms with Crippen molar-refractivity contribution in [2.75, 3.05) is 14.2 Å². The number of aryl methyl sites for hydroxylation is 1. The molecule has 29 heavy (non-hydrogen) atoms. The van der Waals surface area contributed by atoms with Gasteiger partial charge in [-0.2, -0.15) is 0 Å². The number of rotatable bonds is 5. The van der Waals surface area contributed by atoms with Crippen LogP contribution in [0.4, 0.5) is 0 Å². The third-order valence-corrected chi connectivity index (χ3v) is 5.29. The molecule has 0 saturated heterocycles. The van der Waals surface area contributed by atoms with Crippen LogP contribution in [-0.4, -0.2) is 20.5 Å². The van der Waals surface area contributed by atoms with Crippen molar-refractivity contribution in [3.63, 3.8) is 0 Å². The van der Waals surface area contributed by atoms with E-state index in [1.165, 1.54) is 0 Å². The number of benzene rings is 3. The van der Waals surface area contributed by atoms with Gasteiger partial charge >= 0.3 is 0 Å². The van der Waals surface area contributed by atoms with Crippen LogP contribution in [0.25, 0.3) is 5.76 Å². The smallest absolute Gasteiger partial charge is 0.161 e. The van der Waals surface area contributed by atoms with Crippen molar-refractivity contribution in [2.45, 2.75) is 12.8 Å². The van der Waals surface area contributed by atoms with E-state index in [-0.39, 0.29) is 5.92 Å². The largest absolute Gasteiger partial charge is 0.493 e. The number of fused-ring (bicyclic) bond motifs is 1. The Morgan fingerprint density at radius 1 is 0.862 bits per heavy atom. The molecular weight excluding hydrogens is 364 g/mol. The van der Waals surface area contributed by atoms with Gasteiger partial charge in [-0.1, -0.05) is 42.5 Å². The predicted molar refractivity (Wildman–Crippen MR) is 113 cm³/mol. The van der Waals surface area contributed by atoms with Gasteiger partial charge in [-0.15, -0.1) is 0 Å². The molecule has 0 spiro atoms. The molecule has 0 bridgehead atoms. The lowest BCUT2D eigenvalue weighted by molar-refractivity contribution is -0.105. The topological polar surface area (TPSA) is 44.8 Å². The minimum absolute atomic E-state index is 0.207. The molecule has 4 heteroatoms. The lowest BCUT2D eigenvalue weighted by Gasteiger charge is -2.30. The van der Waals surface area contributed by atoms with Crippen molar-refractivity contribution in [3.05, 3.63) is 94.6 Å². The van der Waals surface area contributed by atoms with E-state index < -0.39 is 0 Å². The van der Waals surface area contributed by atoms with Gasteiger partial charge in [-0.25, -0.2) is 0 Å². The van der Waals surface area contributed by atoms with E-state index in [0.717, 1.165) is 34.3 Å². The third-order valence-electron chi connectivity index (χ3n) is 5.29. The van der Waals surface area contributed by atoms with Crippen LogP contribution >= 0.6 is 0 Å². The highest BCUT2D eigenvalue weighted by molar-refractivity contribution is 5.92. The maximum atomic E-state index is 12.3. The highest BCUT2D eigenvalue weighted by atomic mass is 16.5. The zero-order valence-electron chi connectivity index (χ0n) is 16.6. The summed E-state index contributed by atoms with van der Waals surface area (Å²) in [7, 11) is 3.18. The molecule has 3 aromatic rings. The van der Waals surface area contributed by atoms with E-state index >= 15 is 0 Å². The minimum atomic E-state index is -0.207. The van der Waals surface area contributed by atoms with Crippen molar-refractivity contribution in [2.24, 2.45) is 0 Å². The Morgan fingerprint density at radius 3 is 2.24 bits per heavy atom. The fourth-order valence-electron chi connectivity index (χ4n) is 3.85. The standard InChI is InChI=1S/C25H22O4/c1-16-8-4-5-9-18(16)24-19-10-6-7-11-21(19)29-25(20(24)15-26)17-12-13-22(27-2)23(14-17)28-3/h4-15,24H,1-3H3/t24-/m0/s1. The first-order valence-corrected chi connectivity index (χ1v) is 9.42. The third kappa shape index (κ3) is 3.27. The summed E-state index contributed by atoms with van der Waals surface area (Å²) in [6.07, 6.45) is 0.902. The first-order valence-electron chi connectivity index (χ1n) is 9.42. The SMILES string of the molecule is COc1ccc(C2=C(C=O)[C@@H](c3ccccc3C)c3ccccc3O2)cc1OC. The van der Waals surface area contributed by atoms with Gasteiger partial charge in [0.1, 0.15) is 11.5 Å². The molecule has 1 heterocycles. The van der Waals surface area contributed by atoms with Gasteiger partial charge < -0.3 is 14.2 Å². The summed E-state index contributed by atoms with van der Waals surface area (Å²) in [6.45, 7) is 2.06. The van der Waals surface area contributed by atoms with E-state index in [2.05, 4.69) is 19.1 Å². The summed E-state index contributed by atoms with van der Waals surface area (Å²) in [5.74, 6) is 2.28. The Kier molecular flexibility index (Phi) is 5.09. The van der Waals surface area contributed by atoms with Crippen molar-refractivity contribution >= 4 is 12.0 Å². The molecule has 1 aliphatic rings. The van der Waals surface area contributed by atoms with E-state index in [4.69, 9.17) is 14.2 Å². The van der Waals surface area contributed by atoms with Crippen molar-refractivity contribution in [1.82, 2.24) is 0 Å². The Hall–Kier alpha value is -3.53. The number of ether oxygens (including phenoxy) is 3. The van der Waals surface area contributed by atoms with Crippen molar-refractivity contribution in [3.8, 4) is 17.2 Å². The summed E-state index contributed by atoms with van der Waals surface area (Å²) in [6, 6.07) is 21.5. The normalized spacial score (nSPS) is 15.3. The van der Waals surface area contributed by atoms with E-state index in [1.807, 2.05) is 54.6 Å². The molecule has 146 valence electrons. The van der Waals surface area contributed by atoms with Gasteiger partial charge in [0.15, 0.2) is 17.8 Å². The second kappa shape index (κ2) is 7.84. The van der Waals surface area contributed by atoms with Crippen molar-refractivity contribution in [1.29, 1.82) is 0 Å². The average molecular weight is 386 g/mol. The van der Waals surface area contributed by atoms with Crippen LogP contribution in [0.5, 0.6) is 17.2 Å². The monoisotopic (exact) mass is 386 g/mol. The van der Waals surface area contributed by atoms with Gasteiger partial charge in [0.25, 0.3) is 0 Å². The highest BCUT2D eigenvalue weighted by Gasteiger charge is 2.32. The van der Waals surface area contributed by atoms with Crippen molar-refractivity contribution < 1.29 is 19.0 Å². The minimum Gasteiger partial charge on any atom is -0.493 e. The molecule has 0 radical (unpaired) electrons. The number of allylic oxidation sites excluding steroid dienone is 1. The average Bonchev–Trinajstić information content (AvgIpc) is 2.77. The Balaban J connectivity index is 1.96. The van der Waals surface area contributed by atoms with Crippen LogP contribution < -0.4 is 14.2 Å². The molecule has 0 aromatic heterocycles. The van der Waals surface area contributed by atoms with Gasteiger partial charge in [0, 0.05) is 22.6 Å². The highest BCUT2D eigenvalue weighted by Crippen LogP contribution is 2.46. The zero-order chi connectivity index (χ0) is 20.4. The molecule has 4 rings (SSSR count). The Labute approximate surface area is 170 Å². The molecule has 0 aliphatic carbocycles.